The topological polar surface area (TPSA) is 91.8 Å². The van der Waals surface area contributed by atoms with Crippen LogP contribution in [0.3, 0.4) is 0 Å². The van der Waals surface area contributed by atoms with Crippen LogP contribution in [0.15, 0.2) is 72.9 Å². The summed E-state index contributed by atoms with van der Waals surface area (Å²) in [5, 5.41) is 20.6. The molecular weight excluding hydrogens is 412 g/mol. The first-order valence-corrected chi connectivity index (χ1v) is 11.1. The molecule has 4 aromatic rings. The lowest BCUT2D eigenvalue weighted by Crippen LogP contribution is -2.18. The van der Waals surface area contributed by atoms with E-state index in [1.807, 2.05) is 56.3 Å². The molecule has 168 valence electrons. The highest BCUT2D eigenvalue weighted by molar-refractivity contribution is 5.93. The van der Waals surface area contributed by atoms with Crippen LogP contribution in [0.5, 0.6) is 0 Å². The molecule has 2 heterocycles. The van der Waals surface area contributed by atoms with Gasteiger partial charge in [0.1, 0.15) is 5.82 Å². The summed E-state index contributed by atoms with van der Waals surface area (Å²) >= 11 is 0. The molecule has 0 bridgehead atoms. The smallest absolute Gasteiger partial charge is 0.226 e. The number of hydrogen-bond acceptors (Lipinski definition) is 6. The zero-order valence-corrected chi connectivity index (χ0v) is 18.9. The van der Waals surface area contributed by atoms with Gasteiger partial charge in [0.05, 0.1) is 17.6 Å². The van der Waals surface area contributed by atoms with E-state index >= 15 is 0 Å². The van der Waals surface area contributed by atoms with E-state index in [1.54, 1.807) is 6.20 Å². The second kappa shape index (κ2) is 10.5. The molecule has 0 fully saturated rings. The summed E-state index contributed by atoms with van der Waals surface area (Å²) < 4.78 is 0. The number of anilines is 3. The fourth-order valence-electron chi connectivity index (χ4n) is 3.44. The van der Waals surface area contributed by atoms with Crippen LogP contribution in [0.25, 0.3) is 10.8 Å². The minimum Gasteiger partial charge on any atom is -0.368 e. The molecule has 0 unspecified atom stereocenters. The summed E-state index contributed by atoms with van der Waals surface area (Å²) in [4.78, 5) is 16.1. The minimum atomic E-state index is -0.0690. The van der Waals surface area contributed by atoms with E-state index in [2.05, 4.69) is 55.4 Å². The number of fused-ring (bicyclic) bond motifs is 1. The zero-order chi connectivity index (χ0) is 23.0. The van der Waals surface area contributed by atoms with Gasteiger partial charge in [-0.3, -0.25) is 4.79 Å². The molecule has 7 nitrogen and oxygen atoms in total. The Labute approximate surface area is 193 Å². The van der Waals surface area contributed by atoms with Crippen LogP contribution in [0, 0.1) is 5.92 Å². The Bertz CT molecular complexity index is 1210. The third kappa shape index (κ3) is 5.83. The van der Waals surface area contributed by atoms with Gasteiger partial charge in [0.15, 0.2) is 5.82 Å². The number of benzene rings is 2. The number of rotatable bonds is 9. The minimum absolute atomic E-state index is 0.0233. The maximum Gasteiger partial charge on any atom is 0.226 e. The van der Waals surface area contributed by atoms with Crippen molar-refractivity contribution in [3.05, 3.63) is 84.2 Å². The quantitative estimate of drug-likeness (QED) is 0.326. The third-order valence-corrected chi connectivity index (χ3v) is 5.26. The molecular formula is C26H28N6O. The summed E-state index contributed by atoms with van der Waals surface area (Å²) in [6, 6.07) is 22.2. The van der Waals surface area contributed by atoms with Gasteiger partial charge in [-0.05, 0) is 17.7 Å². The molecule has 2 aromatic carbocycles. The number of hydrogen-bond donors (Lipinski definition) is 3. The first kappa shape index (κ1) is 22.2. The van der Waals surface area contributed by atoms with E-state index in [4.69, 9.17) is 0 Å². The van der Waals surface area contributed by atoms with Crippen LogP contribution < -0.4 is 16.0 Å². The SMILES string of the molecule is CC(C)C(=O)Nc1ccc(NCCNc2nnc(Cc3ccccc3)c3ccccc23)nc1. The highest BCUT2D eigenvalue weighted by Crippen LogP contribution is 2.24. The number of pyridine rings is 1. The van der Waals surface area contributed by atoms with Gasteiger partial charge in [0, 0.05) is 36.2 Å². The maximum atomic E-state index is 11.8. The lowest BCUT2D eigenvalue weighted by atomic mass is 10.0. The van der Waals surface area contributed by atoms with Gasteiger partial charge in [-0.2, -0.15) is 5.10 Å². The van der Waals surface area contributed by atoms with Gasteiger partial charge in [-0.15, -0.1) is 5.10 Å². The molecule has 2 aromatic heterocycles. The Morgan fingerprint density at radius 3 is 2.30 bits per heavy atom. The van der Waals surface area contributed by atoms with Crippen LogP contribution in [0.4, 0.5) is 17.3 Å². The van der Waals surface area contributed by atoms with Crippen LogP contribution >= 0.6 is 0 Å². The lowest BCUT2D eigenvalue weighted by Gasteiger charge is -2.12. The predicted octanol–water partition coefficient (Wildman–Crippen LogP) is 4.73. The van der Waals surface area contributed by atoms with Gasteiger partial charge in [-0.25, -0.2) is 4.98 Å². The third-order valence-electron chi connectivity index (χ3n) is 5.26. The molecule has 33 heavy (non-hydrogen) atoms. The molecule has 0 saturated carbocycles. The van der Waals surface area contributed by atoms with Gasteiger partial charge in [0.25, 0.3) is 0 Å². The van der Waals surface area contributed by atoms with Crippen LogP contribution in [0.1, 0.15) is 25.1 Å². The van der Waals surface area contributed by atoms with Crippen LogP contribution in [-0.2, 0) is 11.2 Å². The average molecular weight is 441 g/mol. The van der Waals surface area contributed by atoms with E-state index in [0.717, 1.165) is 34.5 Å². The van der Waals surface area contributed by atoms with Gasteiger partial charge < -0.3 is 16.0 Å². The molecule has 0 aliphatic carbocycles. The largest absolute Gasteiger partial charge is 0.368 e. The summed E-state index contributed by atoms with van der Waals surface area (Å²) in [6.45, 7) is 5.03. The van der Waals surface area contributed by atoms with Gasteiger partial charge in [-0.1, -0.05) is 68.4 Å². The Kier molecular flexibility index (Phi) is 7.09. The normalized spacial score (nSPS) is 10.9. The molecule has 0 aliphatic rings. The van der Waals surface area contributed by atoms with Crippen molar-refractivity contribution in [3.8, 4) is 0 Å². The summed E-state index contributed by atoms with van der Waals surface area (Å²) in [5.41, 5.74) is 2.87. The first-order chi connectivity index (χ1) is 16.1. The number of aromatic nitrogens is 3. The highest BCUT2D eigenvalue weighted by Gasteiger charge is 2.10. The van der Waals surface area contributed by atoms with Gasteiger partial charge >= 0.3 is 0 Å². The monoisotopic (exact) mass is 440 g/mol. The average Bonchev–Trinajstić information content (AvgIpc) is 2.84. The molecule has 7 heteroatoms. The molecule has 0 radical (unpaired) electrons. The summed E-state index contributed by atoms with van der Waals surface area (Å²) in [5.74, 6) is 1.42. The van der Waals surface area contributed by atoms with E-state index in [1.165, 1.54) is 5.56 Å². The molecule has 0 aliphatic heterocycles. The fraction of sp³-hybridized carbons (Fsp3) is 0.231. The fourth-order valence-corrected chi connectivity index (χ4v) is 3.44. The van der Waals surface area contributed by atoms with Crippen molar-refractivity contribution in [2.75, 3.05) is 29.0 Å². The van der Waals surface area contributed by atoms with Crippen molar-refractivity contribution < 1.29 is 4.79 Å². The molecule has 0 spiro atoms. The molecule has 4 rings (SSSR count). The molecule has 1 amide bonds. The number of amides is 1. The number of nitrogens with one attached hydrogen (secondary N) is 3. The van der Waals surface area contributed by atoms with Gasteiger partial charge in [0.2, 0.25) is 5.91 Å². The lowest BCUT2D eigenvalue weighted by molar-refractivity contribution is -0.118. The highest BCUT2D eigenvalue weighted by atomic mass is 16.1. The Morgan fingerprint density at radius 2 is 1.58 bits per heavy atom. The van der Waals surface area contributed by atoms with E-state index in [9.17, 15) is 4.79 Å². The Balaban J connectivity index is 1.35. The predicted molar refractivity (Wildman–Crippen MR) is 133 cm³/mol. The second-order valence-electron chi connectivity index (χ2n) is 8.13. The van der Waals surface area contributed by atoms with Crippen LogP contribution in [-0.4, -0.2) is 34.2 Å². The van der Waals surface area contributed by atoms with Crippen molar-refractivity contribution in [3.63, 3.8) is 0 Å². The Morgan fingerprint density at radius 1 is 0.848 bits per heavy atom. The summed E-state index contributed by atoms with van der Waals surface area (Å²) in [6.07, 6.45) is 2.40. The van der Waals surface area contributed by atoms with Crippen molar-refractivity contribution in [2.45, 2.75) is 20.3 Å². The van der Waals surface area contributed by atoms with E-state index < -0.39 is 0 Å². The van der Waals surface area contributed by atoms with Crippen molar-refractivity contribution in [1.82, 2.24) is 15.2 Å². The van der Waals surface area contributed by atoms with Crippen LogP contribution in [0.2, 0.25) is 0 Å². The zero-order valence-electron chi connectivity index (χ0n) is 18.9. The van der Waals surface area contributed by atoms with Crippen molar-refractivity contribution >= 4 is 34.0 Å². The number of carbonyl (C=O) groups excluding carboxylic acids is 1. The first-order valence-electron chi connectivity index (χ1n) is 11.1. The van der Waals surface area contributed by atoms with E-state index in [-0.39, 0.29) is 11.8 Å². The number of nitrogens with zero attached hydrogens (tertiary/aromatic N) is 3. The van der Waals surface area contributed by atoms with Crippen molar-refractivity contribution in [1.29, 1.82) is 0 Å². The van der Waals surface area contributed by atoms with E-state index in [0.29, 0.717) is 18.8 Å². The summed E-state index contributed by atoms with van der Waals surface area (Å²) in [7, 11) is 0. The second-order valence-corrected chi connectivity index (χ2v) is 8.13. The number of carbonyl (C=O) groups is 1. The maximum absolute atomic E-state index is 11.8. The molecule has 0 saturated heterocycles. The molecule has 0 atom stereocenters. The molecule has 3 N–H and O–H groups in total. The van der Waals surface area contributed by atoms with Crippen molar-refractivity contribution in [2.24, 2.45) is 5.92 Å². The Hall–Kier alpha value is -4.00. The standard InChI is InChI=1S/C26H28N6O/c1-18(2)26(33)30-20-12-13-24(29-17-20)27-14-15-28-25-22-11-7-6-10-21(22)23(31-32-25)16-19-8-4-3-5-9-19/h3-13,17-18H,14-16H2,1-2H3,(H,27,29)(H,28,32)(H,30,33).